The number of alkyl halides is 1. The highest BCUT2D eigenvalue weighted by Crippen LogP contribution is 2.45. The second-order valence-corrected chi connectivity index (χ2v) is 10.2. The number of aromatic nitrogens is 4. The van der Waals surface area contributed by atoms with Gasteiger partial charge in [-0.1, -0.05) is 23.7 Å². The smallest absolute Gasteiger partial charge is 0.142 e. The van der Waals surface area contributed by atoms with Gasteiger partial charge >= 0.3 is 0 Å². The van der Waals surface area contributed by atoms with Crippen LogP contribution in [0.15, 0.2) is 55.0 Å². The number of halogens is 3. The summed E-state index contributed by atoms with van der Waals surface area (Å²) in [6.07, 6.45) is 5.38. The number of rotatable bonds is 7. The zero-order valence-electron chi connectivity index (χ0n) is 19.0. The molecule has 2 aromatic carbocycles. The highest BCUT2D eigenvalue weighted by molar-refractivity contribution is 7.22. The van der Waals surface area contributed by atoms with Gasteiger partial charge in [0.2, 0.25) is 0 Å². The molecule has 0 atom stereocenters. The third-order valence-corrected chi connectivity index (χ3v) is 7.71. The van der Waals surface area contributed by atoms with Crippen LogP contribution in [0.2, 0.25) is 5.02 Å². The second kappa shape index (κ2) is 9.69. The van der Waals surface area contributed by atoms with Crippen molar-refractivity contribution in [2.45, 2.75) is 26.0 Å². The molecule has 5 aromatic rings. The molecule has 182 valence electrons. The van der Waals surface area contributed by atoms with E-state index in [1.54, 1.807) is 41.9 Å². The fraction of sp³-hybridized carbons (Fsp3) is 0.192. The molecule has 0 saturated carbocycles. The Labute approximate surface area is 220 Å². The maximum atomic E-state index is 13.4. The summed E-state index contributed by atoms with van der Waals surface area (Å²) < 4.78 is 21.1. The number of nitrogens with zero attached hydrogens (tertiary/aromatic N) is 4. The van der Waals surface area contributed by atoms with Gasteiger partial charge in [0.15, 0.2) is 0 Å². The maximum absolute atomic E-state index is 13.4. The van der Waals surface area contributed by atoms with Gasteiger partial charge in [-0.05, 0) is 54.3 Å². The van der Waals surface area contributed by atoms with Crippen LogP contribution in [-0.4, -0.2) is 25.6 Å². The van der Waals surface area contributed by atoms with Gasteiger partial charge in [-0.2, -0.15) is 5.10 Å². The monoisotopic (exact) mass is 539 g/mol. The van der Waals surface area contributed by atoms with Crippen molar-refractivity contribution in [2.75, 3.05) is 11.2 Å². The number of benzene rings is 2. The first kappa shape index (κ1) is 23.2. The average molecular weight is 540 g/mol. The second-order valence-electron chi connectivity index (χ2n) is 8.44. The van der Waals surface area contributed by atoms with E-state index < -0.39 is 0 Å². The first-order valence-electron chi connectivity index (χ1n) is 11.4. The molecule has 3 heterocycles. The minimum Gasteiger partial charge on any atom is -0.487 e. The minimum absolute atomic E-state index is 0.224. The number of fused-ring (bicyclic) bond motifs is 5. The standard InChI is InChI=1S/C26H20Cl2FN5OS/c27-8-9-34-12-19-21(33-34)6-5-18-23-25(30-14-31-26(23)36-24(18)19)32-17-4-7-22(20(28)11-17)35-13-15-2-1-3-16(29)10-15/h1-4,7,10-12,14H,5-6,8-9,13H2,(H,30,31,32). The molecule has 10 heteroatoms. The van der Waals surface area contributed by atoms with Crippen LogP contribution in [0.4, 0.5) is 15.9 Å². The maximum Gasteiger partial charge on any atom is 0.142 e. The molecule has 6 nitrogen and oxygen atoms in total. The molecule has 36 heavy (non-hydrogen) atoms. The van der Waals surface area contributed by atoms with Crippen LogP contribution in [0, 0.1) is 5.82 Å². The van der Waals surface area contributed by atoms with E-state index in [1.165, 1.54) is 22.6 Å². The summed E-state index contributed by atoms with van der Waals surface area (Å²) in [5, 5.41) is 9.58. The minimum atomic E-state index is -0.297. The van der Waals surface area contributed by atoms with Crippen LogP contribution in [0.1, 0.15) is 16.8 Å². The van der Waals surface area contributed by atoms with E-state index >= 15 is 0 Å². The predicted molar refractivity (Wildman–Crippen MR) is 142 cm³/mol. The molecule has 0 radical (unpaired) electrons. The van der Waals surface area contributed by atoms with E-state index in [2.05, 4.69) is 21.5 Å². The van der Waals surface area contributed by atoms with Crippen LogP contribution in [0.25, 0.3) is 20.7 Å². The fourth-order valence-corrected chi connectivity index (χ4v) is 6.07. The topological polar surface area (TPSA) is 64.9 Å². The van der Waals surface area contributed by atoms with Gasteiger partial charge in [0.25, 0.3) is 0 Å². The SMILES string of the molecule is Fc1cccc(COc2ccc(Nc3ncnc4sc5c(c34)CCc3nn(CCCl)cc3-5)cc2Cl)c1. The molecule has 1 aliphatic rings. The zero-order valence-corrected chi connectivity index (χ0v) is 21.3. The van der Waals surface area contributed by atoms with Gasteiger partial charge in [0.05, 0.1) is 22.6 Å². The van der Waals surface area contributed by atoms with Crippen LogP contribution < -0.4 is 10.1 Å². The van der Waals surface area contributed by atoms with Crippen molar-refractivity contribution in [1.82, 2.24) is 19.7 Å². The van der Waals surface area contributed by atoms with E-state index in [0.29, 0.717) is 23.2 Å². The lowest BCUT2D eigenvalue weighted by Gasteiger charge is -2.13. The quantitative estimate of drug-likeness (QED) is 0.225. The first-order valence-corrected chi connectivity index (χ1v) is 13.1. The van der Waals surface area contributed by atoms with Crippen molar-refractivity contribution < 1.29 is 9.13 Å². The lowest BCUT2D eigenvalue weighted by Crippen LogP contribution is -2.03. The molecule has 0 unspecified atom stereocenters. The Kier molecular flexibility index (Phi) is 6.25. The van der Waals surface area contributed by atoms with Gasteiger partial charge < -0.3 is 10.1 Å². The van der Waals surface area contributed by atoms with Gasteiger partial charge in [0.1, 0.15) is 35.1 Å². The summed E-state index contributed by atoms with van der Waals surface area (Å²) in [6, 6.07) is 11.8. The fourth-order valence-electron chi connectivity index (χ4n) is 4.44. The van der Waals surface area contributed by atoms with Crippen molar-refractivity contribution >= 4 is 56.3 Å². The summed E-state index contributed by atoms with van der Waals surface area (Å²) in [7, 11) is 0. The van der Waals surface area contributed by atoms with Crippen molar-refractivity contribution in [3.63, 3.8) is 0 Å². The number of thiophene rings is 1. The predicted octanol–water partition coefficient (Wildman–Crippen LogP) is 7.01. The Morgan fingerprint density at radius 3 is 2.89 bits per heavy atom. The third kappa shape index (κ3) is 4.40. The van der Waals surface area contributed by atoms with E-state index in [0.717, 1.165) is 51.4 Å². The summed E-state index contributed by atoms with van der Waals surface area (Å²) in [4.78, 5) is 11.2. The van der Waals surface area contributed by atoms with E-state index in [1.807, 2.05) is 10.7 Å². The van der Waals surface area contributed by atoms with Crippen LogP contribution >= 0.6 is 34.5 Å². The van der Waals surface area contributed by atoms with Crippen molar-refractivity contribution in [2.24, 2.45) is 0 Å². The molecule has 0 spiro atoms. The zero-order chi connectivity index (χ0) is 24.6. The molecular formula is C26H20Cl2FN5OS. The molecule has 0 bridgehead atoms. The highest BCUT2D eigenvalue weighted by atomic mass is 35.5. The van der Waals surface area contributed by atoms with E-state index in [-0.39, 0.29) is 12.4 Å². The van der Waals surface area contributed by atoms with Crippen molar-refractivity contribution in [3.05, 3.63) is 82.6 Å². The third-order valence-electron chi connectivity index (χ3n) is 6.07. The number of anilines is 2. The summed E-state index contributed by atoms with van der Waals surface area (Å²) >= 11 is 14.1. The van der Waals surface area contributed by atoms with Gasteiger partial charge in [-0.3, -0.25) is 4.68 Å². The average Bonchev–Trinajstić information content (AvgIpc) is 3.45. The normalized spacial score (nSPS) is 12.4. The van der Waals surface area contributed by atoms with Crippen LogP contribution in [0.3, 0.4) is 0 Å². The van der Waals surface area contributed by atoms with E-state index in [4.69, 9.17) is 33.0 Å². The molecule has 3 aromatic heterocycles. The Hall–Kier alpha value is -3.20. The number of nitrogens with one attached hydrogen (secondary N) is 1. The summed E-state index contributed by atoms with van der Waals surface area (Å²) in [5.74, 6) is 1.48. The number of hydrogen-bond acceptors (Lipinski definition) is 6. The highest BCUT2D eigenvalue weighted by Gasteiger charge is 2.26. The van der Waals surface area contributed by atoms with Crippen LogP contribution in [0.5, 0.6) is 5.75 Å². The molecule has 6 rings (SSSR count). The molecule has 0 aliphatic heterocycles. The van der Waals surface area contributed by atoms with Gasteiger partial charge in [-0.25, -0.2) is 14.4 Å². The molecule has 1 N–H and O–H groups in total. The molecule has 0 fully saturated rings. The van der Waals surface area contributed by atoms with Crippen molar-refractivity contribution in [1.29, 1.82) is 0 Å². The number of hydrogen-bond donors (Lipinski definition) is 1. The lowest BCUT2D eigenvalue weighted by molar-refractivity contribution is 0.306. The van der Waals surface area contributed by atoms with Gasteiger partial charge in [0, 0.05) is 28.2 Å². The summed E-state index contributed by atoms with van der Waals surface area (Å²) in [5.41, 5.74) is 5.00. The van der Waals surface area contributed by atoms with Crippen LogP contribution in [-0.2, 0) is 26.0 Å². The Bertz CT molecular complexity index is 1580. The lowest BCUT2D eigenvalue weighted by atomic mass is 9.95. The van der Waals surface area contributed by atoms with E-state index in [9.17, 15) is 4.39 Å². The Balaban J connectivity index is 1.27. The molecular weight excluding hydrogens is 520 g/mol. The Morgan fingerprint density at radius 2 is 2.06 bits per heavy atom. The first-order chi connectivity index (χ1) is 17.6. The van der Waals surface area contributed by atoms with Crippen molar-refractivity contribution in [3.8, 4) is 16.2 Å². The molecule has 1 aliphatic carbocycles. The number of aryl methyl sites for hydroxylation is 3. The summed E-state index contributed by atoms with van der Waals surface area (Å²) in [6.45, 7) is 0.908. The Morgan fingerprint density at radius 1 is 1.14 bits per heavy atom. The molecule has 0 amide bonds. The molecule has 0 saturated heterocycles. The van der Waals surface area contributed by atoms with Gasteiger partial charge in [-0.15, -0.1) is 22.9 Å². The largest absolute Gasteiger partial charge is 0.487 e. The number of ether oxygens (including phenoxy) is 1.